The number of hydrogen-bond donors (Lipinski definition) is 2. The summed E-state index contributed by atoms with van der Waals surface area (Å²) in [6, 6.07) is 5.40. The van der Waals surface area contributed by atoms with E-state index in [0.29, 0.717) is 11.4 Å². The molecule has 3 N–H and O–H groups in total. The Balaban J connectivity index is 2.54. The van der Waals surface area contributed by atoms with E-state index in [4.69, 9.17) is 22.4 Å². The molecule has 0 spiro atoms. The zero-order valence-corrected chi connectivity index (χ0v) is 11.2. The fraction of sp³-hybridized carbons (Fsp3) is 0.462. The molecular formula is C13H18ClN3O. The Kier molecular flexibility index (Phi) is 4.22. The first-order valence-corrected chi connectivity index (χ1v) is 6.57. The summed E-state index contributed by atoms with van der Waals surface area (Å²) in [7, 11) is 0. The van der Waals surface area contributed by atoms with Crippen molar-refractivity contribution in [2.75, 3.05) is 6.61 Å². The van der Waals surface area contributed by atoms with E-state index in [1.807, 2.05) is 18.2 Å². The van der Waals surface area contributed by atoms with Gasteiger partial charge in [-0.25, -0.2) is 4.98 Å². The number of aryl methyl sites for hydroxylation is 1. The van der Waals surface area contributed by atoms with Gasteiger partial charge in [-0.1, -0.05) is 18.5 Å². The van der Waals surface area contributed by atoms with Gasteiger partial charge < -0.3 is 15.4 Å². The minimum Gasteiger partial charge on any atom is -0.396 e. The number of fused-ring (bicyclic) bond motifs is 1. The highest BCUT2D eigenvalue weighted by atomic mass is 35.5. The van der Waals surface area contributed by atoms with Gasteiger partial charge in [-0.2, -0.15) is 0 Å². The van der Waals surface area contributed by atoms with E-state index in [2.05, 4.69) is 16.5 Å². The molecule has 4 nitrogen and oxygen atoms in total. The highest BCUT2D eigenvalue weighted by Crippen LogP contribution is 2.24. The van der Waals surface area contributed by atoms with Crippen molar-refractivity contribution in [2.45, 2.75) is 32.4 Å². The van der Waals surface area contributed by atoms with E-state index in [-0.39, 0.29) is 12.6 Å². The van der Waals surface area contributed by atoms with E-state index in [1.165, 1.54) is 0 Å². The van der Waals surface area contributed by atoms with Gasteiger partial charge in [0.15, 0.2) is 0 Å². The van der Waals surface area contributed by atoms with Crippen LogP contribution in [-0.2, 0) is 6.54 Å². The molecule has 5 heteroatoms. The largest absolute Gasteiger partial charge is 0.396 e. The Bertz CT molecular complexity index is 538. The Hall–Kier alpha value is -1.10. The van der Waals surface area contributed by atoms with Crippen LogP contribution in [0.2, 0.25) is 5.02 Å². The number of aromatic nitrogens is 2. The summed E-state index contributed by atoms with van der Waals surface area (Å²) in [6.45, 7) is 3.03. The molecule has 0 saturated carbocycles. The van der Waals surface area contributed by atoms with Crippen LogP contribution in [0.3, 0.4) is 0 Å². The van der Waals surface area contributed by atoms with E-state index in [0.717, 1.165) is 29.8 Å². The molecule has 1 atom stereocenters. The lowest BCUT2D eigenvalue weighted by molar-refractivity contribution is 0.273. The van der Waals surface area contributed by atoms with E-state index >= 15 is 0 Å². The van der Waals surface area contributed by atoms with Crippen LogP contribution in [0, 0.1) is 0 Å². The Labute approximate surface area is 111 Å². The van der Waals surface area contributed by atoms with Crippen molar-refractivity contribution in [3.8, 4) is 0 Å². The van der Waals surface area contributed by atoms with Crippen molar-refractivity contribution in [1.29, 1.82) is 0 Å². The lowest BCUT2D eigenvalue weighted by Crippen LogP contribution is -2.18. The number of rotatable bonds is 5. The molecule has 2 aromatic rings. The van der Waals surface area contributed by atoms with Crippen LogP contribution in [-0.4, -0.2) is 21.3 Å². The third kappa shape index (κ3) is 2.51. The van der Waals surface area contributed by atoms with E-state index in [9.17, 15) is 0 Å². The maximum absolute atomic E-state index is 9.00. The zero-order valence-electron chi connectivity index (χ0n) is 10.4. The average molecular weight is 268 g/mol. The third-order valence-corrected chi connectivity index (χ3v) is 3.19. The Morgan fingerprint density at radius 3 is 2.94 bits per heavy atom. The molecule has 0 bridgehead atoms. The molecular weight excluding hydrogens is 250 g/mol. The number of halogens is 1. The average Bonchev–Trinajstić information content (AvgIpc) is 2.69. The van der Waals surface area contributed by atoms with Crippen molar-refractivity contribution in [1.82, 2.24) is 9.55 Å². The number of nitrogens with two attached hydrogens (primary N) is 1. The van der Waals surface area contributed by atoms with Crippen molar-refractivity contribution < 1.29 is 5.11 Å². The molecule has 0 aliphatic heterocycles. The first-order valence-electron chi connectivity index (χ1n) is 6.19. The van der Waals surface area contributed by atoms with Gasteiger partial charge in [0.25, 0.3) is 0 Å². The molecule has 98 valence electrons. The lowest BCUT2D eigenvalue weighted by atomic mass is 10.2. The smallest absolute Gasteiger partial charge is 0.126 e. The van der Waals surface area contributed by atoms with Gasteiger partial charge in [0.05, 0.1) is 17.1 Å². The highest BCUT2D eigenvalue weighted by molar-refractivity contribution is 6.31. The first-order chi connectivity index (χ1) is 8.67. The second-order valence-corrected chi connectivity index (χ2v) is 4.81. The zero-order chi connectivity index (χ0) is 13.1. The molecule has 1 aromatic carbocycles. The standard InChI is InChI=1S/C13H18ClN3O/c1-2-6-17-12-8-9(14)3-4-11(12)16-13(17)10(15)5-7-18/h3-4,8,10,18H,2,5-7,15H2,1H3. The molecule has 1 unspecified atom stereocenters. The molecule has 0 aliphatic rings. The molecule has 2 rings (SSSR count). The minimum atomic E-state index is -0.243. The van der Waals surface area contributed by atoms with E-state index in [1.54, 1.807) is 0 Å². The van der Waals surface area contributed by atoms with Gasteiger partial charge in [0.1, 0.15) is 5.82 Å². The number of aliphatic hydroxyl groups is 1. The van der Waals surface area contributed by atoms with Crippen molar-refractivity contribution in [3.05, 3.63) is 29.0 Å². The fourth-order valence-electron chi connectivity index (χ4n) is 2.12. The van der Waals surface area contributed by atoms with Gasteiger partial charge in [-0.15, -0.1) is 0 Å². The van der Waals surface area contributed by atoms with Gasteiger partial charge in [0, 0.05) is 18.2 Å². The summed E-state index contributed by atoms with van der Waals surface area (Å²) in [5.74, 6) is 0.822. The molecule has 18 heavy (non-hydrogen) atoms. The lowest BCUT2D eigenvalue weighted by Gasteiger charge is -2.13. The highest BCUT2D eigenvalue weighted by Gasteiger charge is 2.16. The number of aliphatic hydroxyl groups excluding tert-OH is 1. The van der Waals surface area contributed by atoms with Crippen LogP contribution in [0.1, 0.15) is 31.6 Å². The van der Waals surface area contributed by atoms with Crippen LogP contribution >= 0.6 is 11.6 Å². The van der Waals surface area contributed by atoms with Crippen molar-refractivity contribution in [2.24, 2.45) is 5.73 Å². The van der Waals surface area contributed by atoms with Crippen LogP contribution < -0.4 is 5.73 Å². The second kappa shape index (κ2) is 5.69. The van der Waals surface area contributed by atoms with Gasteiger partial charge in [0.2, 0.25) is 0 Å². The SMILES string of the molecule is CCCn1c(C(N)CCO)nc2ccc(Cl)cc21. The van der Waals surface area contributed by atoms with Gasteiger partial charge >= 0.3 is 0 Å². The summed E-state index contributed by atoms with van der Waals surface area (Å²) < 4.78 is 2.10. The second-order valence-electron chi connectivity index (χ2n) is 4.37. The van der Waals surface area contributed by atoms with Crippen LogP contribution in [0.4, 0.5) is 0 Å². The monoisotopic (exact) mass is 267 g/mol. The van der Waals surface area contributed by atoms with Crippen LogP contribution in [0.15, 0.2) is 18.2 Å². The summed E-state index contributed by atoms with van der Waals surface area (Å²) >= 11 is 6.03. The molecule has 1 aromatic heterocycles. The van der Waals surface area contributed by atoms with E-state index < -0.39 is 0 Å². The summed E-state index contributed by atoms with van der Waals surface area (Å²) in [6.07, 6.45) is 1.51. The minimum absolute atomic E-state index is 0.0667. The predicted octanol–water partition coefficient (Wildman–Crippen LogP) is 2.48. The third-order valence-electron chi connectivity index (χ3n) is 2.96. The Morgan fingerprint density at radius 1 is 1.50 bits per heavy atom. The number of imidazole rings is 1. The first kappa shape index (κ1) is 13.3. The summed E-state index contributed by atoms with van der Waals surface area (Å²) in [5, 5.41) is 9.70. The molecule has 0 radical (unpaired) electrons. The molecule has 0 saturated heterocycles. The number of benzene rings is 1. The normalized spacial score (nSPS) is 13.1. The Morgan fingerprint density at radius 2 is 2.28 bits per heavy atom. The number of nitrogens with zero attached hydrogens (tertiary/aromatic N) is 2. The molecule has 0 fully saturated rings. The van der Waals surface area contributed by atoms with Gasteiger partial charge in [-0.3, -0.25) is 0 Å². The quantitative estimate of drug-likeness (QED) is 0.875. The van der Waals surface area contributed by atoms with Crippen molar-refractivity contribution >= 4 is 22.6 Å². The summed E-state index contributed by atoms with van der Waals surface area (Å²) in [4.78, 5) is 4.56. The van der Waals surface area contributed by atoms with Crippen molar-refractivity contribution in [3.63, 3.8) is 0 Å². The molecule has 1 heterocycles. The van der Waals surface area contributed by atoms with Crippen LogP contribution in [0.25, 0.3) is 11.0 Å². The predicted molar refractivity (Wildman–Crippen MR) is 73.7 cm³/mol. The summed E-state index contributed by atoms with van der Waals surface area (Å²) in [5.41, 5.74) is 7.97. The van der Waals surface area contributed by atoms with Gasteiger partial charge in [-0.05, 0) is 31.0 Å². The maximum atomic E-state index is 9.00. The topological polar surface area (TPSA) is 64.1 Å². The molecule has 0 aliphatic carbocycles. The van der Waals surface area contributed by atoms with Crippen LogP contribution in [0.5, 0.6) is 0 Å². The maximum Gasteiger partial charge on any atom is 0.126 e. The fourth-order valence-corrected chi connectivity index (χ4v) is 2.29. The molecule has 0 amide bonds. The number of hydrogen-bond acceptors (Lipinski definition) is 3.